The van der Waals surface area contributed by atoms with Crippen LogP contribution in [0, 0.1) is 16.7 Å². The van der Waals surface area contributed by atoms with Crippen LogP contribution in [0.2, 0.25) is 5.02 Å². The Hall–Kier alpha value is -6.12. The van der Waals surface area contributed by atoms with Crippen LogP contribution in [0.5, 0.6) is 5.75 Å². The minimum atomic E-state index is -2.65. The second-order valence-corrected chi connectivity index (χ2v) is 21.2. The highest BCUT2D eigenvalue weighted by Gasteiger charge is 2.48. The number of amides is 2. The van der Waals surface area contributed by atoms with Gasteiger partial charge in [-0.05, 0) is 130 Å². The van der Waals surface area contributed by atoms with Crippen LogP contribution in [-0.2, 0) is 31.2 Å². The second-order valence-electron chi connectivity index (χ2n) is 20.8. The third-order valence-corrected chi connectivity index (χ3v) is 16.8. The Morgan fingerprint density at radius 1 is 0.930 bits per heavy atom. The molecule has 5 aromatic rings. The van der Waals surface area contributed by atoms with Gasteiger partial charge in [0, 0.05) is 112 Å². The lowest BCUT2D eigenvalue weighted by molar-refractivity contribution is -0.129. The molecule has 7 heterocycles. The molecular weight excluding hydrogens is 926 g/mol. The molecular formula is C53H61ClF2N12O3. The summed E-state index contributed by atoms with van der Waals surface area (Å²) < 4.78 is 39.6. The van der Waals surface area contributed by atoms with Crippen molar-refractivity contribution in [3.8, 4) is 22.9 Å². The van der Waals surface area contributed by atoms with Crippen LogP contribution in [0.4, 0.5) is 26.1 Å². The standard InChI is InChI=1S/C53H61ClF2N12O3/c1-33(69)66-21-15-47-44(32-66)51(67-18-3-4-34-24-42(36-30-58-63(2)31-36)43(50(55)56)26-48(34)67)62-68(47)38-13-19-64(20-14-38)39-27-53(28-39)16-22-65(23-17-53)49-12-11-46(60-61-49)52(70)59-37-6-9-40(10-7-37)71-41-8-5-35(29-57)45(54)25-41/h5,8,11-12,24-26,30-31,37-40,50H,3-4,6-7,9-10,13-23,27-28,32H2,1-2H3,(H,59,70). The van der Waals surface area contributed by atoms with Crippen molar-refractivity contribution in [3.05, 3.63) is 93.5 Å². The maximum absolute atomic E-state index is 14.8. The summed E-state index contributed by atoms with van der Waals surface area (Å²) in [4.78, 5) is 34.9. The van der Waals surface area contributed by atoms with Gasteiger partial charge in [-0.15, -0.1) is 10.2 Å². The summed E-state index contributed by atoms with van der Waals surface area (Å²) >= 11 is 6.18. The number of alkyl halides is 2. The molecule has 2 amide bonds. The Kier molecular flexibility index (Phi) is 13.0. The van der Waals surface area contributed by atoms with Gasteiger partial charge in [0.05, 0.1) is 35.5 Å². The van der Waals surface area contributed by atoms with Crippen LogP contribution in [0.3, 0.4) is 0 Å². The molecule has 4 aliphatic heterocycles. The van der Waals surface area contributed by atoms with E-state index in [1.807, 2.05) is 17.0 Å². The maximum Gasteiger partial charge on any atom is 0.272 e. The van der Waals surface area contributed by atoms with E-state index in [1.54, 1.807) is 61.4 Å². The Bertz CT molecular complexity index is 2830. The number of piperidine rings is 2. The molecule has 15 nitrogen and oxygen atoms in total. The van der Waals surface area contributed by atoms with Crippen molar-refractivity contribution < 1.29 is 23.1 Å². The number of benzene rings is 2. The van der Waals surface area contributed by atoms with Gasteiger partial charge >= 0.3 is 0 Å². The smallest absolute Gasteiger partial charge is 0.272 e. The molecule has 11 rings (SSSR count). The molecule has 2 aromatic carbocycles. The number of hydrogen-bond donors (Lipinski definition) is 1. The van der Waals surface area contributed by atoms with E-state index in [9.17, 15) is 18.4 Å². The Morgan fingerprint density at radius 2 is 1.72 bits per heavy atom. The zero-order valence-corrected chi connectivity index (χ0v) is 41.3. The molecule has 0 atom stereocenters. The van der Waals surface area contributed by atoms with E-state index in [0.717, 1.165) is 125 Å². The van der Waals surface area contributed by atoms with E-state index < -0.39 is 6.43 Å². The number of nitrogens with one attached hydrogen (secondary N) is 1. The summed E-state index contributed by atoms with van der Waals surface area (Å²) in [5.41, 5.74) is 6.30. The Morgan fingerprint density at radius 3 is 2.39 bits per heavy atom. The molecule has 1 N–H and O–H groups in total. The first-order chi connectivity index (χ1) is 34.4. The number of rotatable bonds is 10. The van der Waals surface area contributed by atoms with Gasteiger partial charge in [-0.3, -0.25) is 19.0 Å². The molecule has 372 valence electrons. The summed E-state index contributed by atoms with van der Waals surface area (Å²) in [6.45, 7) is 7.24. The lowest BCUT2D eigenvalue weighted by Gasteiger charge is -2.56. The van der Waals surface area contributed by atoms with Crippen LogP contribution in [-0.4, -0.2) is 109 Å². The highest BCUT2D eigenvalue weighted by Crippen LogP contribution is 2.52. The molecule has 2 aliphatic carbocycles. The quantitative estimate of drug-likeness (QED) is 0.143. The average Bonchev–Trinajstić information content (AvgIpc) is 3.99. The van der Waals surface area contributed by atoms with Gasteiger partial charge in [0.25, 0.3) is 12.3 Å². The summed E-state index contributed by atoms with van der Waals surface area (Å²) in [6, 6.07) is 15.3. The molecule has 71 heavy (non-hydrogen) atoms. The van der Waals surface area contributed by atoms with Crippen molar-refractivity contribution in [1.29, 1.82) is 5.26 Å². The number of aryl methyl sites for hydroxylation is 2. The maximum atomic E-state index is 14.8. The van der Waals surface area contributed by atoms with Crippen LogP contribution in [0.25, 0.3) is 11.1 Å². The number of aromatic nitrogens is 6. The molecule has 2 saturated carbocycles. The van der Waals surface area contributed by atoms with E-state index in [-0.39, 0.29) is 35.6 Å². The number of nitrogens with zero attached hydrogens (tertiary/aromatic N) is 11. The normalized spacial score (nSPS) is 21.7. The van der Waals surface area contributed by atoms with E-state index in [0.29, 0.717) is 64.2 Å². The fraction of sp³-hybridized carbons (Fsp3) is 0.528. The van der Waals surface area contributed by atoms with Crippen LogP contribution in [0.15, 0.2) is 54.9 Å². The van der Waals surface area contributed by atoms with Crippen LogP contribution < -0.4 is 19.9 Å². The van der Waals surface area contributed by atoms with Gasteiger partial charge in [0.15, 0.2) is 17.3 Å². The summed E-state index contributed by atoms with van der Waals surface area (Å²) in [5, 5.41) is 31.2. The van der Waals surface area contributed by atoms with E-state index in [1.165, 1.54) is 18.5 Å². The monoisotopic (exact) mass is 986 g/mol. The fourth-order valence-corrected chi connectivity index (χ4v) is 12.7. The number of fused-ring (bicyclic) bond motifs is 2. The zero-order chi connectivity index (χ0) is 49.0. The first-order valence-electron chi connectivity index (χ1n) is 25.5. The van der Waals surface area contributed by atoms with Crippen LogP contribution >= 0.6 is 11.6 Å². The van der Waals surface area contributed by atoms with Gasteiger partial charge in [-0.1, -0.05) is 11.6 Å². The van der Waals surface area contributed by atoms with Crippen molar-refractivity contribution in [2.24, 2.45) is 12.5 Å². The van der Waals surface area contributed by atoms with Gasteiger partial charge in [0.1, 0.15) is 11.8 Å². The molecule has 6 aliphatic rings. The SMILES string of the molecule is CC(=O)N1CCc2c(c(N3CCCc4cc(-c5cnn(C)c5)c(C(F)F)cc43)nn2C2CCN(C3CC4(CCN(c5ccc(C(=O)NC6CCC(Oc7ccc(C#N)c(Cl)c7)CC6)nn5)CC4)C3)CC2)C1. The van der Waals surface area contributed by atoms with Crippen molar-refractivity contribution in [3.63, 3.8) is 0 Å². The number of likely N-dealkylation sites (tertiary alicyclic amines) is 1. The minimum Gasteiger partial charge on any atom is -0.490 e. The molecule has 0 unspecified atom stereocenters. The third-order valence-electron chi connectivity index (χ3n) is 16.5. The fourth-order valence-electron chi connectivity index (χ4n) is 12.4. The number of halogens is 3. The van der Waals surface area contributed by atoms with Crippen molar-refractivity contribution in [2.45, 2.75) is 128 Å². The van der Waals surface area contributed by atoms with Gasteiger partial charge in [-0.25, -0.2) is 8.78 Å². The molecule has 18 heteroatoms. The van der Waals surface area contributed by atoms with Gasteiger partial charge < -0.3 is 29.7 Å². The number of carbonyl (C=O) groups is 2. The largest absolute Gasteiger partial charge is 0.490 e. The third kappa shape index (κ3) is 9.45. The first-order valence-corrected chi connectivity index (χ1v) is 25.9. The van der Waals surface area contributed by atoms with E-state index in [2.05, 4.69) is 46.1 Å². The highest BCUT2D eigenvalue weighted by atomic mass is 35.5. The topological polar surface area (TPSA) is 154 Å². The number of carbonyl (C=O) groups excluding carboxylic acids is 2. The summed E-state index contributed by atoms with van der Waals surface area (Å²) in [7, 11) is 1.79. The highest BCUT2D eigenvalue weighted by molar-refractivity contribution is 6.31. The molecule has 0 radical (unpaired) electrons. The summed E-state index contributed by atoms with van der Waals surface area (Å²) in [6.07, 6.45) is 12.9. The predicted octanol–water partition coefficient (Wildman–Crippen LogP) is 8.73. The zero-order valence-electron chi connectivity index (χ0n) is 40.5. The molecule has 3 aromatic heterocycles. The molecule has 2 saturated heterocycles. The predicted molar refractivity (Wildman–Crippen MR) is 265 cm³/mol. The van der Waals surface area contributed by atoms with Crippen LogP contribution in [0.1, 0.15) is 128 Å². The van der Waals surface area contributed by atoms with E-state index >= 15 is 0 Å². The molecule has 1 spiro atoms. The van der Waals surface area contributed by atoms with Gasteiger partial charge in [-0.2, -0.15) is 15.5 Å². The molecule has 0 bridgehead atoms. The Balaban J connectivity index is 0.677. The van der Waals surface area contributed by atoms with E-state index in [4.69, 9.17) is 26.7 Å². The average molecular weight is 988 g/mol. The van der Waals surface area contributed by atoms with Crippen molar-refractivity contribution in [2.75, 3.05) is 49.1 Å². The summed E-state index contributed by atoms with van der Waals surface area (Å²) in [5.74, 6) is 2.08. The number of hydrogen-bond acceptors (Lipinski definition) is 11. The number of nitriles is 1. The lowest BCUT2D eigenvalue weighted by atomic mass is 9.60. The number of ether oxygens (including phenoxy) is 1. The number of anilines is 3. The minimum absolute atomic E-state index is 0.00665. The van der Waals surface area contributed by atoms with Gasteiger partial charge in [0.2, 0.25) is 5.91 Å². The van der Waals surface area contributed by atoms with Crippen molar-refractivity contribution >= 4 is 40.7 Å². The molecule has 4 fully saturated rings. The lowest BCUT2D eigenvalue weighted by Crippen LogP contribution is -2.56. The Labute approximate surface area is 418 Å². The second kappa shape index (κ2) is 19.5. The van der Waals surface area contributed by atoms with Crippen molar-refractivity contribution in [1.82, 2.24) is 44.9 Å². The first kappa shape index (κ1) is 47.2.